The first-order valence-electron chi connectivity index (χ1n) is 9.04. The highest BCUT2D eigenvalue weighted by Gasteiger charge is 2.22. The number of aryl methyl sites for hydroxylation is 1. The fraction of sp³-hybridized carbons (Fsp3) is 0.400. The molecule has 6 nitrogen and oxygen atoms in total. The van der Waals surface area contributed by atoms with Gasteiger partial charge in [0.05, 0.1) is 18.2 Å². The third-order valence-corrected chi connectivity index (χ3v) is 5.45. The molecule has 0 N–H and O–H groups in total. The summed E-state index contributed by atoms with van der Waals surface area (Å²) in [4.78, 5) is 25.1. The maximum absolute atomic E-state index is 12.9. The van der Waals surface area contributed by atoms with Crippen LogP contribution in [-0.2, 0) is 17.8 Å². The van der Waals surface area contributed by atoms with Crippen molar-refractivity contribution >= 4 is 28.5 Å². The third kappa shape index (κ3) is 3.35. The summed E-state index contributed by atoms with van der Waals surface area (Å²) in [6, 6.07) is 6.83. The van der Waals surface area contributed by atoms with Gasteiger partial charge in [0.2, 0.25) is 0 Å². The van der Waals surface area contributed by atoms with Gasteiger partial charge in [-0.15, -0.1) is 0 Å². The predicted molar refractivity (Wildman–Crippen MR) is 103 cm³/mol. The monoisotopic (exact) mass is 388 g/mol. The van der Waals surface area contributed by atoms with Crippen LogP contribution in [0.15, 0.2) is 33.5 Å². The molecule has 0 amide bonds. The zero-order valence-electron chi connectivity index (χ0n) is 15.3. The minimum Gasteiger partial charge on any atom is -0.408 e. The van der Waals surface area contributed by atoms with Gasteiger partial charge in [-0.3, -0.25) is 9.36 Å². The highest BCUT2D eigenvalue weighted by atomic mass is 35.5. The van der Waals surface area contributed by atoms with E-state index in [1.807, 2.05) is 19.9 Å². The Morgan fingerprint density at radius 2 is 2.07 bits per heavy atom. The number of oxazole rings is 1. The van der Waals surface area contributed by atoms with E-state index in [0.717, 1.165) is 37.4 Å². The zero-order valence-corrected chi connectivity index (χ0v) is 16.1. The highest BCUT2D eigenvalue weighted by Crippen LogP contribution is 2.22. The summed E-state index contributed by atoms with van der Waals surface area (Å²) in [5, 5.41) is 0.479. The van der Waals surface area contributed by atoms with Crippen molar-refractivity contribution in [2.45, 2.75) is 45.9 Å². The van der Waals surface area contributed by atoms with Gasteiger partial charge in [-0.2, -0.15) is 0 Å². The molecular weight excluding hydrogens is 368 g/mol. The summed E-state index contributed by atoms with van der Waals surface area (Å²) in [6.07, 6.45) is 2.32. The maximum Gasteiger partial charge on any atom is 0.420 e. The molecule has 4 rings (SSSR count). The highest BCUT2D eigenvalue weighted by molar-refractivity contribution is 6.31. The molecule has 1 unspecified atom stereocenters. The van der Waals surface area contributed by atoms with Crippen molar-refractivity contribution in [3.05, 3.63) is 56.8 Å². The largest absolute Gasteiger partial charge is 0.420 e. The molecule has 3 heterocycles. The van der Waals surface area contributed by atoms with Crippen molar-refractivity contribution in [2.24, 2.45) is 0 Å². The second-order valence-electron chi connectivity index (χ2n) is 7.02. The van der Waals surface area contributed by atoms with E-state index < -0.39 is 5.76 Å². The van der Waals surface area contributed by atoms with E-state index in [4.69, 9.17) is 20.8 Å². The molecule has 7 heteroatoms. The van der Waals surface area contributed by atoms with Gasteiger partial charge < -0.3 is 13.7 Å². The van der Waals surface area contributed by atoms with Gasteiger partial charge in [0.15, 0.2) is 11.4 Å². The number of carbonyl (C=O) groups excluding carboxylic acids is 1. The summed E-state index contributed by atoms with van der Waals surface area (Å²) in [7, 11) is 0. The molecule has 0 aliphatic carbocycles. The lowest BCUT2D eigenvalue weighted by Gasteiger charge is -2.14. The number of halogens is 1. The van der Waals surface area contributed by atoms with Gasteiger partial charge in [-0.05, 0) is 44.9 Å². The number of hydrogen-bond donors (Lipinski definition) is 0. The molecule has 2 aromatic heterocycles. The van der Waals surface area contributed by atoms with Crippen molar-refractivity contribution in [2.75, 3.05) is 6.61 Å². The SMILES string of the molecule is Cc1cc(C(=O)Cn2c(=O)oc3cc(Cl)ccc32)c(C)n1CC1CCCO1. The van der Waals surface area contributed by atoms with Crippen LogP contribution in [0.1, 0.15) is 34.6 Å². The number of hydrogen-bond acceptors (Lipinski definition) is 4. The van der Waals surface area contributed by atoms with Crippen LogP contribution in [0.3, 0.4) is 0 Å². The number of ketones is 1. The number of Topliss-reactive ketones (excluding diaryl/α,β-unsaturated/α-hetero) is 1. The van der Waals surface area contributed by atoms with Crippen molar-refractivity contribution in [3.63, 3.8) is 0 Å². The molecular formula is C20H21ClN2O4. The lowest BCUT2D eigenvalue weighted by molar-refractivity contribution is 0.0948. The fourth-order valence-electron chi connectivity index (χ4n) is 3.78. The molecule has 0 saturated carbocycles. The number of aromatic nitrogens is 2. The summed E-state index contributed by atoms with van der Waals surface area (Å²) in [5.74, 6) is -0.685. The smallest absolute Gasteiger partial charge is 0.408 e. The van der Waals surface area contributed by atoms with Crippen LogP contribution in [0.2, 0.25) is 5.02 Å². The fourth-order valence-corrected chi connectivity index (χ4v) is 3.94. The van der Waals surface area contributed by atoms with E-state index in [2.05, 4.69) is 4.57 Å². The molecule has 0 radical (unpaired) electrons. The zero-order chi connectivity index (χ0) is 19.1. The Bertz CT molecular complexity index is 1070. The van der Waals surface area contributed by atoms with E-state index >= 15 is 0 Å². The van der Waals surface area contributed by atoms with Crippen LogP contribution in [0, 0.1) is 13.8 Å². The quantitative estimate of drug-likeness (QED) is 0.624. The van der Waals surface area contributed by atoms with Crippen LogP contribution in [0.4, 0.5) is 0 Å². The minimum atomic E-state index is -0.561. The Morgan fingerprint density at radius 1 is 1.26 bits per heavy atom. The Kier molecular flexibility index (Phi) is 4.70. The number of ether oxygens (including phenoxy) is 1. The van der Waals surface area contributed by atoms with Crippen molar-refractivity contribution in [3.8, 4) is 0 Å². The Balaban J connectivity index is 1.62. The van der Waals surface area contributed by atoms with E-state index in [1.165, 1.54) is 4.57 Å². The van der Waals surface area contributed by atoms with Gasteiger partial charge >= 0.3 is 5.76 Å². The molecule has 1 fully saturated rings. The molecule has 1 saturated heterocycles. The minimum absolute atomic E-state index is 0.0717. The van der Waals surface area contributed by atoms with Crippen LogP contribution < -0.4 is 5.76 Å². The predicted octanol–water partition coefficient (Wildman–Crippen LogP) is 3.73. The van der Waals surface area contributed by atoms with Gasteiger partial charge in [0.25, 0.3) is 0 Å². The lowest BCUT2D eigenvalue weighted by atomic mass is 10.1. The first kappa shape index (κ1) is 18.1. The number of carbonyl (C=O) groups is 1. The van der Waals surface area contributed by atoms with Gasteiger partial charge in [-0.25, -0.2) is 4.79 Å². The van der Waals surface area contributed by atoms with Crippen LogP contribution in [0.5, 0.6) is 0 Å². The van der Waals surface area contributed by atoms with E-state index in [9.17, 15) is 9.59 Å². The first-order chi connectivity index (χ1) is 12.9. The number of benzene rings is 1. The second-order valence-corrected chi connectivity index (χ2v) is 7.46. The summed E-state index contributed by atoms with van der Waals surface area (Å²) >= 11 is 5.94. The molecule has 1 aliphatic rings. The Morgan fingerprint density at radius 3 is 2.81 bits per heavy atom. The molecule has 27 heavy (non-hydrogen) atoms. The number of fused-ring (bicyclic) bond motifs is 1. The maximum atomic E-state index is 12.9. The van der Waals surface area contributed by atoms with Crippen molar-refractivity contribution < 1.29 is 13.9 Å². The molecule has 1 aromatic carbocycles. The van der Waals surface area contributed by atoms with Gasteiger partial charge in [0, 0.05) is 41.2 Å². The third-order valence-electron chi connectivity index (χ3n) is 5.22. The van der Waals surface area contributed by atoms with Gasteiger partial charge in [-0.1, -0.05) is 11.6 Å². The van der Waals surface area contributed by atoms with Crippen LogP contribution in [0.25, 0.3) is 11.1 Å². The lowest BCUT2D eigenvalue weighted by Crippen LogP contribution is -2.21. The van der Waals surface area contributed by atoms with E-state index in [0.29, 0.717) is 21.7 Å². The summed E-state index contributed by atoms with van der Waals surface area (Å²) in [5.41, 5.74) is 3.48. The first-order valence-corrected chi connectivity index (χ1v) is 9.42. The Hall–Kier alpha value is -2.31. The topological polar surface area (TPSA) is 66.4 Å². The second kappa shape index (κ2) is 7.02. The van der Waals surface area contributed by atoms with E-state index in [-0.39, 0.29) is 18.4 Å². The molecule has 0 spiro atoms. The molecule has 142 valence electrons. The molecule has 0 bridgehead atoms. The average molecular weight is 389 g/mol. The average Bonchev–Trinajstić information content (AvgIpc) is 3.31. The Labute approximate surface area is 161 Å². The normalized spacial score (nSPS) is 17.1. The number of rotatable bonds is 5. The van der Waals surface area contributed by atoms with E-state index in [1.54, 1.807) is 18.2 Å². The number of nitrogens with zero attached hydrogens (tertiary/aromatic N) is 2. The summed E-state index contributed by atoms with van der Waals surface area (Å²) in [6.45, 7) is 5.40. The van der Waals surface area contributed by atoms with Crippen LogP contribution >= 0.6 is 11.6 Å². The van der Waals surface area contributed by atoms with Crippen molar-refractivity contribution in [1.82, 2.24) is 9.13 Å². The summed E-state index contributed by atoms with van der Waals surface area (Å²) < 4.78 is 14.4. The van der Waals surface area contributed by atoms with Crippen LogP contribution in [-0.4, -0.2) is 27.6 Å². The van der Waals surface area contributed by atoms with Gasteiger partial charge in [0.1, 0.15) is 0 Å². The molecule has 1 aliphatic heterocycles. The standard InChI is InChI=1S/C20H21ClN2O4/c1-12-8-16(13(2)22(12)10-15-4-3-7-26-15)18(24)11-23-17-6-5-14(21)9-19(17)27-20(23)25/h5-6,8-9,15H,3-4,7,10-11H2,1-2H3. The van der Waals surface area contributed by atoms with Crippen molar-refractivity contribution in [1.29, 1.82) is 0 Å². The molecule has 3 aromatic rings. The molecule has 1 atom stereocenters.